The lowest BCUT2D eigenvalue weighted by Crippen LogP contribution is -2.30. The van der Waals surface area contributed by atoms with Gasteiger partial charge in [0.15, 0.2) is 0 Å². The Kier molecular flexibility index (Phi) is 6.47. The number of hydrogen-bond donors (Lipinski definition) is 0. The maximum absolute atomic E-state index is 8.43. The van der Waals surface area contributed by atoms with E-state index in [2.05, 4.69) is 6.07 Å². The van der Waals surface area contributed by atoms with Crippen molar-refractivity contribution in [3.63, 3.8) is 0 Å². The maximum Gasteiger partial charge on any atom is 0.133 e. The number of hydrogen-bond acceptors (Lipinski definition) is 3. The minimum atomic E-state index is -0.469. The predicted octanol–water partition coefficient (Wildman–Crippen LogP) is 1.35. The van der Waals surface area contributed by atoms with E-state index in [1.807, 2.05) is 17.9 Å². The fourth-order valence-corrected chi connectivity index (χ4v) is 1.05. The number of nitriles is 2. The molecule has 1 atom stereocenters. The Bertz CT molecular complexity index is 191. The third kappa shape index (κ3) is 4.96. The van der Waals surface area contributed by atoms with Gasteiger partial charge in [-0.25, -0.2) is 0 Å². The third-order valence-electron chi connectivity index (χ3n) is 1.55. The van der Waals surface area contributed by atoms with Crippen LogP contribution in [0.25, 0.3) is 0 Å². The first-order chi connectivity index (χ1) is 5.74. The lowest BCUT2D eigenvalue weighted by Gasteiger charge is -2.18. The molecular weight excluding hydrogens is 174 g/mol. The van der Waals surface area contributed by atoms with Crippen LogP contribution in [0.4, 0.5) is 0 Å². The number of rotatable bonds is 5. The van der Waals surface area contributed by atoms with E-state index in [-0.39, 0.29) is 0 Å². The summed E-state index contributed by atoms with van der Waals surface area (Å²) in [5.74, 6) is 0. The first-order valence-corrected chi connectivity index (χ1v) is 4.31. The molecule has 0 aromatic heterocycles. The van der Waals surface area contributed by atoms with Gasteiger partial charge in [-0.2, -0.15) is 10.5 Å². The standard InChI is InChI=1S/C8H12ClN3/c1-2-12(5-3-4-10)7-8(9)6-11/h8H,2-3,5,7H2,1H3. The molecule has 0 amide bonds. The molecule has 1 unspecified atom stereocenters. The number of alkyl halides is 1. The monoisotopic (exact) mass is 185 g/mol. The summed E-state index contributed by atoms with van der Waals surface area (Å²) in [5.41, 5.74) is 0. The van der Waals surface area contributed by atoms with Crippen molar-refractivity contribution < 1.29 is 0 Å². The molecule has 0 aliphatic carbocycles. The average Bonchev–Trinajstić information content (AvgIpc) is 2.11. The molecule has 12 heavy (non-hydrogen) atoms. The zero-order chi connectivity index (χ0) is 9.40. The topological polar surface area (TPSA) is 50.8 Å². The van der Waals surface area contributed by atoms with Crippen molar-refractivity contribution in [2.75, 3.05) is 19.6 Å². The van der Waals surface area contributed by atoms with Gasteiger partial charge in [0, 0.05) is 19.5 Å². The molecule has 0 saturated heterocycles. The number of nitrogens with zero attached hydrogens (tertiary/aromatic N) is 3. The summed E-state index contributed by atoms with van der Waals surface area (Å²) in [6.07, 6.45) is 0.489. The van der Waals surface area contributed by atoms with E-state index in [9.17, 15) is 0 Å². The van der Waals surface area contributed by atoms with Crippen molar-refractivity contribution in [3.05, 3.63) is 0 Å². The Morgan fingerprint density at radius 3 is 2.58 bits per heavy atom. The molecule has 0 aliphatic rings. The van der Waals surface area contributed by atoms with Gasteiger partial charge in [0.05, 0.1) is 12.1 Å². The smallest absolute Gasteiger partial charge is 0.133 e. The molecule has 0 aliphatic heterocycles. The zero-order valence-electron chi connectivity index (χ0n) is 7.13. The SMILES string of the molecule is CCN(CCC#N)CC(Cl)C#N. The van der Waals surface area contributed by atoms with Gasteiger partial charge in [0.2, 0.25) is 0 Å². The van der Waals surface area contributed by atoms with Crippen LogP contribution in [0.2, 0.25) is 0 Å². The highest BCUT2D eigenvalue weighted by Gasteiger charge is 2.08. The van der Waals surface area contributed by atoms with Gasteiger partial charge >= 0.3 is 0 Å². The molecule has 0 N–H and O–H groups in total. The molecule has 0 heterocycles. The van der Waals surface area contributed by atoms with Crippen LogP contribution < -0.4 is 0 Å². The highest BCUT2D eigenvalue weighted by molar-refractivity contribution is 6.22. The van der Waals surface area contributed by atoms with E-state index in [4.69, 9.17) is 22.1 Å². The predicted molar refractivity (Wildman–Crippen MR) is 47.6 cm³/mol. The first kappa shape index (κ1) is 11.2. The summed E-state index contributed by atoms with van der Waals surface area (Å²) in [6, 6.07) is 4.00. The normalized spacial score (nSPS) is 12.1. The fraction of sp³-hybridized carbons (Fsp3) is 0.750. The van der Waals surface area contributed by atoms with E-state index in [1.165, 1.54) is 0 Å². The average molecular weight is 186 g/mol. The van der Waals surface area contributed by atoms with E-state index < -0.39 is 5.38 Å². The molecule has 3 nitrogen and oxygen atoms in total. The van der Waals surface area contributed by atoms with Crippen LogP contribution in [-0.2, 0) is 0 Å². The molecule has 66 valence electrons. The molecule has 0 saturated carbocycles. The maximum atomic E-state index is 8.43. The van der Waals surface area contributed by atoms with Gasteiger partial charge in [0.1, 0.15) is 5.38 Å². The van der Waals surface area contributed by atoms with Gasteiger partial charge in [-0.05, 0) is 6.54 Å². The second-order valence-electron chi connectivity index (χ2n) is 2.40. The van der Waals surface area contributed by atoms with Crippen LogP contribution in [0.5, 0.6) is 0 Å². The molecular formula is C8H12ClN3. The van der Waals surface area contributed by atoms with Gasteiger partial charge in [-0.15, -0.1) is 11.6 Å². The second-order valence-corrected chi connectivity index (χ2v) is 2.92. The van der Waals surface area contributed by atoms with Crippen LogP contribution >= 0.6 is 11.6 Å². The lowest BCUT2D eigenvalue weighted by atomic mass is 10.3. The summed E-state index contributed by atoms with van der Waals surface area (Å²) in [6.45, 7) is 4.04. The summed E-state index contributed by atoms with van der Waals surface area (Å²) in [4.78, 5) is 1.99. The Morgan fingerprint density at radius 2 is 2.17 bits per heavy atom. The quantitative estimate of drug-likeness (QED) is 0.608. The summed E-state index contributed by atoms with van der Waals surface area (Å²) < 4.78 is 0. The van der Waals surface area contributed by atoms with Crippen LogP contribution in [0.1, 0.15) is 13.3 Å². The van der Waals surface area contributed by atoms with Crippen LogP contribution in [0.15, 0.2) is 0 Å². The minimum absolute atomic E-state index is 0.469. The Labute approximate surface area is 78.1 Å². The van der Waals surface area contributed by atoms with Gasteiger partial charge < -0.3 is 4.90 Å². The molecule has 0 rings (SSSR count). The van der Waals surface area contributed by atoms with Crippen molar-refractivity contribution in [2.45, 2.75) is 18.7 Å². The Morgan fingerprint density at radius 1 is 1.50 bits per heavy atom. The van der Waals surface area contributed by atoms with Gasteiger partial charge in [0.25, 0.3) is 0 Å². The Hall–Kier alpha value is -0.770. The van der Waals surface area contributed by atoms with Crippen molar-refractivity contribution in [2.24, 2.45) is 0 Å². The Balaban J connectivity index is 3.70. The largest absolute Gasteiger partial charge is 0.300 e. The molecule has 0 bridgehead atoms. The van der Waals surface area contributed by atoms with Crippen molar-refractivity contribution in [1.29, 1.82) is 10.5 Å². The fourth-order valence-electron chi connectivity index (χ4n) is 0.854. The van der Waals surface area contributed by atoms with E-state index in [1.54, 1.807) is 0 Å². The summed E-state index contributed by atoms with van der Waals surface area (Å²) in [5, 5.41) is 16.3. The van der Waals surface area contributed by atoms with Gasteiger partial charge in [-0.3, -0.25) is 0 Å². The van der Waals surface area contributed by atoms with Crippen LogP contribution in [0.3, 0.4) is 0 Å². The lowest BCUT2D eigenvalue weighted by molar-refractivity contribution is 0.303. The van der Waals surface area contributed by atoms with E-state index in [0.29, 0.717) is 19.5 Å². The van der Waals surface area contributed by atoms with E-state index in [0.717, 1.165) is 6.54 Å². The highest BCUT2D eigenvalue weighted by Crippen LogP contribution is 1.99. The van der Waals surface area contributed by atoms with E-state index >= 15 is 0 Å². The molecule has 0 aromatic rings. The molecule has 0 aromatic carbocycles. The van der Waals surface area contributed by atoms with Crippen LogP contribution in [-0.4, -0.2) is 29.9 Å². The molecule has 4 heteroatoms. The molecule has 0 spiro atoms. The molecule has 0 fully saturated rings. The minimum Gasteiger partial charge on any atom is -0.300 e. The zero-order valence-corrected chi connectivity index (χ0v) is 7.88. The van der Waals surface area contributed by atoms with Crippen LogP contribution in [0, 0.1) is 22.7 Å². The highest BCUT2D eigenvalue weighted by atomic mass is 35.5. The first-order valence-electron chi connectivity index (χ1n) is 3.87. The molecule has 0 radical (unpaired) electrons. The second kappa shape index (κ2) is 6.91. The van der Waals surface area contributed by atoms with Crippen molar-refractivity contribution in [1.82, 2.24) is 4.90 Å². The van der Waals surface area contributed by atoms with Gasteiger partial charge in [-0.1, -0.05) is 6.92 Å². The summed E-state index contributed by atoms with van der Waals surface area (Å²) in [7, 11) is 0. The summed E-state index contributed by atoms with van der Waals surface area (Å²) >= 11 is 5.63. The third-order valence-corrected chi connectivity index (χ3v) is 1.78. The van der Waals surface area contributed by atoms with Crippen molar-refractivity contribution in [3.8, 4) is 12.1 Å². The number of halogens is 1. The van der Waals surface area contributed by atoms with Crippen molar-refractivity contribution >= 4 is 11.6 Å².